The Morgan fingerprint density at radius 2 is 1.93 bits per heavy atom. The van der Waals surface area contributed by atoms with E-state index in [1.54, 1.807) is 0 Å². The molecule has 4 aromatic rings. The Labute approximate surface area is 166 Å². The van der Waals surface area contributed by atoms with E-state index in [-0.39, 0.29) is 40.4 Å². The Morgan fingerprint density at radius 1 is 1.17 bits per heavy atom. The van der Waals surface area contributed by atoms with Gasteiger partial charge in [0.2, 0.25) is 5.91 Å². The highest BCUT2D eigenvalue weighted by Gasteiger charge is 2.37. The molecule has 0 amide bonds. The van der Waals surface area contributed by atoms with Crippen molar-refractivity contribution < 1.29 is 27.2 Å². The highest BCUT2D eigenvalue weighted by atomic mass is 19.4. The topological polar surface area (TPSA) is 69.8 Å². The van der Waals surface area contributed by atoms with Gasteiger partial charge < -0.3 is 4.79 Å². The number of hydrogen-bond acceptors (Lipinski definition) is 4. The maximum Gasteiger partial charge on any atom is 0.435 e. The molecule has 0 N–H and O–H groups in total. The van der Waals surface area contributed by atoms with E-state index >= 15 is 0 Å². The van der Waals surface area contributed by atoms with Gasteiger partial charge >= 0.3 is 6.18 Å². The average molecular weight is 418 g/mol. The summed E-state index contributed by atoms with van der Waals surface area (Å²) in [6.07, 6.45) is -2.95. The van der Waals surface area contributed by atoms with Crippen LogP contribution in [0.25, 0.3) is 32.9 Å². The maximum atomic E-state index is 14.9. The number of alkyl halides is 3. The average Bonchev–Trinajstić information content (AvgIpc) is 3.26. The summed E-state index contributed by atoms with van der Waals surface area (Å²) >= 11 is 0. The number of benzene rings is 2. The zero-order valence-electron chi connectivity index (χ0n) is 15.6. The first-order chi connectivity index (χ1) is 14.2. The van der Waals surface area contributed by atoms with Gasteiger partial charge in [-0.2, -0.15) is 23.4 Å². The molecule has 6 nitrogen and oxygen atoms in total. The molecule has 10 heteroatoms. The lowest BCUT2D eigenvalue weighted by Gasteiger charge is -2.10. The molecule has 0 aliphatic heterocycles. The molecule has 2 aromatic carbocycles. The molecule has 0 aliphatic rings. The van der Waals surface area contributed by atoms with Gasteiger partial charge in [-0.15, -0.1) is 0 Å². The molecule has 0 bridgehead atoms. The number of halogens is 4. The summed E-state index contributed by atoms with van der Waals surface area (Å²) in [6, 6.07) is 6.75. The number of carbonyl (C=O) groups excluding carboxylic acids is 2. The van der Waals surface area contributed by atoms with E-state index < -0.39 is 23.6 Å². The second-order valence-corrected chi connectivity index (χ2v) is 6.72. The zero-order chi connectivity index (χ0) is 21.6. The van der Waals surface area contributed by atoms with Gasteiger partial charge in [0, 0.05) is 36.2 Å². The van der Waals surface area contributed by atoms with Crippen molar-refractivity contribution in [2.45, 2.75) is 19.0 Å². The molecule has 30 heavy (non-hydrogen) atoms. The Kier molecular flexibility index (Phi) is 4.64. The highest BCUT2D eigenvalue weighted by Crippen LogP contribution is 2.40. The standard InChI is InChI=1S/C20H14F4N4O2/c1-27-15-5-2-4-12(18(15)19(26-27)20(22,23)24)13-9-16-11(8-14(13)21)10-25-28(16)17(30)6-3-7-29/h2,4-5,7-10H,3,6H2,1H3. The van der Waals surface area contributed by atoms with Crippen molar-refractivity contribution in [1.29, 1.82) is 0 Å². The van der Waals surface area contributed by atoms with Crippen molar-refractivity contribution in [3.8, 4) is 11.1 Å². The fourth-order valence-corrected chi connectivity index (χ4v) is 3.48. The number of carbonyl (C=O) groups is 2. The molecule has 0 aliphatic carbocycles. The first-order valence-electron chi connectivity index (χ1n) is 8.89. The zero-order valence-corrected chi connectivity index (χ0v) is 15.6. The molecular formula is C20H14F4N4O2. The van der Waals surface area contributed by atoms with Crippen molar-refractivity contribution in [2.24, 2.45) is 7.05 Å². The van der Waals surface area contributed by atoms with Crippen molar-refractivity contribution in [1.82, 2.24) is 19.6 Å². The molecule has 0 atom stereocenters. The normalized spacial score (nSPS) is 12.0. The van der Waals surface area contributed by atoms with Crippen molar-refractivity contribution in [3.63, 3.8) is 0 Å². The summed E-state index contributed by atoms with van der Waals surface area (Å²) in [5.41, 5.74) is -0.811. The van der Waals surface area contributed by atoms with E-state index in [0.717, 1.165) is 15.4 Å². The van der Waals surface area contributed by atoms with Crippen LogP contribution in [0.2, 0.25) is 0 Å². The predicted octanol–water partition coefficient (Wildman–Crippen LogP) is 4.37. The van der Waals surface area contributed by atoms with E-state index in [1.807, 2.05) is 0 Å². The quantitative estimate of drug-likeness (QED) is 0.365. The monoisotopic (exact) mass is 418 g/mol. The largest absolute Gasteiger partial charge is 0.435 e. The lowest BCUT2D eigenvalue weighted by Crippen LogP contribution is -2.12. The number of hydrogen-bond donors (Lipinski definition) is 0. The van der Waals surface area contributed by atoms with E-state index in [4.69, 9.17) is 0 Å². The van der Waals surface area contributed by atoms with E-state index in [2.05, 4.69) is 10.2 Å². The van der Waals surface area contributed by atoms with Crippen LogP contribution in [0, 0.1) is 5.82 Å². The van der Waals surface area contributed by atoms with E-state index in [1.165, 1.54) is 37.5 Å². The first-order valence-corrected chi connectivity index (χ1v) is 8.89. The van der Waals surface area contributed by atoms with Crippen molar-refractivity contribution in [3.05, 3.63) is 48.0 Å². The van der Waals surface area contributed by atoms with E-state index in [0.29, 0.717) is 11.7 Å². The fraction of sp³-hybridized carbons (Fsp3) is 0.200. The summed E-state index contributed by atoms with van der Waals surface area (Å²) in [7, 11) is 1.38. The van der Waals surface area contributed by atoms with Gasteiger partial charge in [0.1, 0.15) is 12.1 Å². The third-order valence-corrected chi connectivity index (χ3v) is 4.81. The molecule has 0 spiro atoms. The predicted molar refractivity (Wildman–Crippen MR) is 100 cm³/mol. The minimum Gasteiger partial charge on any atom is -0.303 e. The second kappa shape index (κ2) is 7.05. The van der Waals surface area contributed by atoms with E-state index in [9.17, 15) is 27.2 Å². The van der Waals surface area contributed by atoms with Gasteiger partial charge in [-0.25, -0.2) is 9.07 Å². The van der Waals surface area contributed by atoms with Gasteiger partial charge in [-0.05, 0) is 23.8 Å². The van der Waals surface area contributed by atoms with Crippen LogP contribution >= 0.6 is 0 Å². The number of rotatable bonds is 4. The summed E-state index contributed by atoms with van der Waals surface area (Å²) in [6.45, 7) is 0. The van der Waals surface area contributed by atoms with Gasteiger partial charge in [-0.3, -0.25) is 9.48 Å². The Hall–Kier alpha value is -3.56. The van der Waals surface area contributed by atoms with Crippen LogP contribution in [0.4, 0.5) is 17.6 Å². The van der Waals surface area contributed by atoms with Crippen molar-refractivity contribution in [2.75, 3.05) is 0 Å². The van der Waals surface area contributed by atoms with Crippen LogP contribution in [0.5, 0.6) is 0 Å². The molecule has 4 rings (SSSR count). The molecule has 2 heterocycles. The summed E-state index contributed by atoms with van der Waals surface area (Å²) in [5.74, 6) is -1.24. The molecule has 0 radical (unpaired) electrons. The number of aromatic nitrogens is 4. The molecule has 0 unspecified atom stereocenters. The summed E-state index contributed by atoms with van der Waals surface area (Å²) in [5, 5.41) is 7.59. The van der Waals surface area contributed by atoms with Crippen LogP contribution in [0.3, 0.4) is 0 Å². The molecule has 0 fully saturated rings. The SMILES string of the molecule is Cn1nc(C(F)(F)F)c2c(-c3cc4c(cnn4C(=O)CCC=O)cc3F)cccc21. The maximum absolute atomic E-state index is 14.9. The summed E-state index contributed by atoms with van der Waals surface area (Å²) in [4.78, 5) is 22.8. The smallest absolute Gasteiger partial charge is 0.303 e. The van der Waals surface area contributed by atoms with Crippen LogP contribution in [0.1, 0.15) is 23.3 Å². The molecule has 0 saturated carbocycles. The molecular weight excluding hydrogens is 404 g/mol. The Balaban J connectivity index is 1.98. The lowest BCUT2D eigenvalue weighted by atomic mass is 9.98. The fourth-order valence-electron chi connectivity index (χ4n) is 3.48. The first kappa shape index (κ1) is 19.7. The number of nitrogens with zero attached hydrogens (tertiary/aromatic N) is 4. The minimum atomic E-state index is -4.73. The molecule has 2 aromatic heterocycles. The third kappa shape index (κ3) is 3.14. The summed E-state index contributed by atoms with van der Waals surface area (Å²) < 4.78 is 57.7. The van der Waals surface area contributed by atoms with Crippen LogP contribution in [-0.4, -0.2) is 31.8 Å². The van der Waals surface area contributed by atoms with Gasteiger partial charge in [0.25, 0.3) is 0 Å². The van der Waals surface area contributed by atoms with Crippen LogP contribution < -0.4 is 0 Å². The molecule has 0 saturated heterocycles. The van der Waals surface area contributed by atoms with Gasteiger partial charge in [0.15, 0.2) is 5.69 Å². The molecule has 154 valence electrons. The van der Waals surface area contributed by atoms with Gasteiger partial charge in [0.05, 0.1) is 17.2 Å². The minimum absolute atomic E-state index is 0.000385. The Morgan fingerprint density at radius 3 is 2.63 bits per heavy atom. The van der Waals surface area contributed by atoms with Crippen LogP contribution in [-0.2, 0) is 18.0 Å². The van der Waals surface area contributed by atoms with Crippen LogP contribution in [0.15, 0.2) is 36.5 Å². The van der Waals surface area contributed by atoms with Crippen molar-refractivity contribution >= 4 is 34.0 Å². The Bertz CT molecular complexity index is 1300. The lowest BCUT2D eigenvalue weighted by molar-refractivity contribution is -0.140. The highest BCUT2D eigenvalue weighted by molar-refractivity contribution is 6.00. The number of aryl methyl sites for hydroxylation is 1. The number of fused-ring (bicyclic) bond motifs is 2. The second-order valence-electron chi connectivity index (χ2n) is 6.72. The number of aldehydes is 1. The van der Waals surface area contributed by atoms with Gasteiger partial charge in [-0.1, -0.05) is 12.1 Å². The third-order valence-electron chi connectivity index (χ3n) is 4.81.